The number of rotatable bonds is 4. The molecule has 2 heterocycles. The zero-order valence-corrected chi connectivity index (χ0v) is 23.2. The number of aliphatic hydroxyl groups excluding tert-OH is 5. The second kappa shape index (κ2) is 9.68. The Hall–Kier alpha value is -1.15. The lowest BCUT2D eigenvalue weighted by molar-refractivity contribution is -0.327. The number of hydrogen-bond acceptors (Lipinski definition) is 11. The predicted molar refractivity (Wildman–Crippen MR) is 137 cm³/mol. The number of hydrogen-bond donors (Lipinski definition) is 7. The molecule has 0 aromatic heterocycles. The van der Waals surface area contributed by atoms with Gasteiger partial charge in [-0.2, -0.15) is 0 Å². The van der Waals surface area contributed by atoms with Crippen molar-refractivity contribution in [1.29, 1.82) is 0 Å². The second-order valence-electron chi connectivity index (χ2n) is 13.7. The van der Waals surface area contributed by atoms with E-state index in [0.29, 0.717) is 38.5 Å². The number of esters is 1. The Morgan fingerprint density at radius 1 is 1.00 bits per heavy atom. The van der Waals surface area contributed by atoms with Crippen LogP contribution in [0.3, 0.4) is 0 Å². The number of fused-ring (bicyclic) bond motifs is 5. The molecule has 40 heavy (non-hydrogen) atoms. The number of cyclic esters (lactones) is 1. The SMILES string of the molecule is CC1OC(OC2CCC3(CO)[C@H]4[C@H](O)CC5(C)C(C6=CC(=O)OC6)CCC5(O)[C@@H]4CCC3(O)C2)C(O)C(O)C1O. The maximum absolute atomic E-state index is 12.4. The van der Waals surface area contributed by atoms with Gasteiger partial charge in [0, 0.05) is 29.2 Å². The van der Waals surface area contributed by atoms with E-state index in [1.807, 2.05) is 6.92 Å². The predicted octanol–water partition coefficient (Wildman–Crippen LogP) is -0.486. The summed E-state index contributed by atoms with van der Waals surface area (Å²) in [5, 5.41) is 77.8. The maximum Gasteiger partial charge on any atom is 0.331 e. The summed E-state index contributed by atoms with van der Waals surface area (Å²) in [7, 11) is 0. The topological polar surface area (TPSA) is 186 Å². The normalized spacial score (nSPS) is 56.1. The Morgan fingerprint density at radius 3 is 2.42 bits per heavy atom. The van der Waals surface area contributed by atoms with Crippen molar-refractivity contribution in [2.75, 3.05) is 13.2 Å². The van der Waals surface area contributed by atoms with Crippen LogP contribution in [0.2, 0.25) is 0 Å². The number of carbonyl (C=O) groups is 1. The van der Waals surface area contributed by atoms with Crippen LogP contribution in [-0.4, -0.2) is 109 Å². The van der Waals surface area contributed by atoms with E-state index in [2.05, 4.69) is 0 Å². The van der Waals surface area contributed by atoms with Crippen LogP contribution in [0.4, 0.5) is 0 Å². The van der Waals surface area contributed by atoms with E-state index in [0.717, 1.165) is 5.57 Å². The quantitative estimate of drug-likeness (QED) is 0.171. The molecule has 5 fully saturated rings. The van der Waals surface area contributed by atoms with E-state index in [-0.39, 0.29) is 43.9 Å². The van der Waals surface area contributed by atoms with Crippen molar-refractivity contribution in [3.63, 3.8) is 0 Å². The third kappa shape index (κ3) is 3.85. The summed E-state index contributed by atoms with van der Waals surface area (Å²) in [4.78, 5) is 11.8. The first kappa shape index (κ1) is 28.9. The lowest BCUT2D eigenvalue weighted by atomic mass is 9.40. The largest absolute Gasteiger partial charge is 0.458 e. The van der Waals surface area contributed by atoms with Gasteiger partial charge in [0.15, 0.2) is 6.29 Å². The third-order valence-electron chi connectivity index (χ3n) is 12.1. The Kier molecular flexibility index (Phi) is 7.01. The Bertz CT molecular complexity index is 1050. The molecule has 11 heteroatoms. The molecule has 11 nitrogen and oxygen atoms in total. The molecule has 0 spiro atoms. The zero-order chi connectivity index (χ0) is 28.8. The molecule has 11 unspecified atom stereocenters. The van der Waals surface area contributed by atoms with Gasteiger partial charge in [-0.1, -0.05) is 6.92 Å². The van der Waals surface area contributed by atoms with Crippen molar-refractivity contribution in [3.05, 3.63) is 11.6 Å². The van der Waals surface area contributed by atoms with Gasteiger partial charge in [0.25, 0.3) is 0 Å². The van der Waals surface area contributed by atoms with E-state index >= 15 is 0 Å². The highest BCUT2D eigenvalue weighted by molar-refractivity contribution is 5.85. The van der Waals surface area contributed by atoms with Gasteiger partial charge in [-0.05, 0) is 69.3 Å². The molecule has 0 amide bonds. The monoisotopic (exact) mass is 568 g/mol. The van der Waals surface area contributed by atoms with Crippen molar-refractivity contribution in [2.45, 2.75) is 119 Å². The third-order valence-corrected chi connectivity index (χ3v) is 12.1. The van der Waals surface area contributed by atoms with Crippen molar-refractivity contribution < 1.29 is 54.8 Å². The highest BCUT2D eigenvalue weighted by atomic mass is 16.7. The molecule has 2 aliphatic heterocycles. The van der Waals surface area contributed by atoms with Gasteiger partial charge in [0.05, 0.1) is 36.1 Å². The Balaban J connectivity index is 1.25. The first-order chi connectivity index (χ1) is 18.8. The molecule has 14 atom stereocenters. The average Bonchev–Trinajstić information content (AvgIpc) is 3.45. The number of carbonyl (C=O) groups excluding carboxylic acids is 1. The molecule has 1 saturated heterocycles. The van der Waals surface area contributed by atoms with E-state index in [1.165, 1.54) is 6.08 Å². The van der Waals surface area contributed by atoms with Crippen molar-refractivity contribution in [1.82, 2.24) is 0 Å². The van der Waals surface area contributed by atoms with E-state index in [9.17, 15) is 40.5 Å². The first-order valence-corrected chi connectivity index (χ1v) is 14.8. The fraction of sp³-hybridized carbons (Fsp3) is 0.897. The van der Waals surface area contributed by atoms with E-state index in [1.54, 1.807) is 6.92 Å². The van der Waals surface area contributed by atoms with Gasteiger partial charge in [-0.3, -0.25) is 0 Å². The molecular weight excluding hydrogens is 524 g/mol. The summed E-state index contributed by atoms with van der Waals surface area (Å²) in [6, 6.07) is 0. The maximum atomic E-state index is 12.4. The summed E-state index contributed by atoms with van der Waals surface area (Å²) >= 11 is 0. The summed E-state index contributed by atoms with van der Waals surface area (Å²) in [5.74, 6) is -1.38. The fourth-order valence-corrected chi connectivity index (χ4v) is 10.0. The highest BCUT2D eigenvalue weighted by Crippen LogP contribution is 2.70. The van der Waals surface area contributed by atoms with Gasteiger partial charge in [-0.15, -0.1) is 0 Å². The minimum atomic E-state index is -1.46. The lowest BCUT2D eigenvalue weighted by Gasteiger charge is -2.67. The standard InChI is InChI=1S/C29H44O11/c1-14-22(33)23(34)24(35)25(39-14)40-16-3-6-27(13-30)21-18(4-7-28(27,36)10-16)29(37)8-5-17(15-9-20(32)38-12-15)26(29,2)11-19(21)31/h9,14,16-19,21-25,30-31,33-37H,3-8,10-13H2,1-2H3/t14?,16?,17?,18-,19-,21-,22?,23?,24?,25?,26?,27?,28?,29?/m1/s1. The fourth-order valence-electron chi connectivity index (χ4n) is 10.0. The minimum absolute atomic E-state index is 0.104. The molecule has 4 aliphatic carbocycles. The van der Waals surface area contributed by atoms with Crippen LogP contribution >= 0.6 is 0 Å². The van der Waals surface area contributed by atoms with Gasteiger partial charge < -0.3 is 50.0 Å². The van der Waals surface area contributed by atoms with Crippen LogP contribution in [0, 0.1) is 28.6 Å². The molecule has 0 bridgehead atoms. The molecule has 0 radical (unpaired) electrons. The van der Waals surface area contributed by atoms with Crippen molar-refractivity contribution in [2.24, 2.45) is 28.6 Å². The molecular formula is C29H44O11. The van der Waals surface area contributed by atoms with Gasteiger partial charge in [0.1, 0.15) is 24.9 Å². The van der Waals surface area contributed by atoms with Crippen molar-refractivity contribution in [3.8, 4) is 0 Å². The second-order valence-corrected chi connectivity index (χ2v) is 13.7. The minimum Gasteiger partial charge on any atom is -0.458 e. The summed E-state index contributed by atoms with van der Waals surface area (Å²) in [6.07, 6.45) is -2.94. The van der Waals surface area contributed by atoms with Crippen LogP contribution in [0.25, 0.3) is 0 Å². The van der Waals surface area contributed by atoms with E-state index in [4.69, 9.17) is 14.2 Å². The molecule has 6 aliphatic rings. The van der Waals surface area contributed by atoms with Gasteiger partial charge in [0.2, 0.25) is 0 Å². The van der Waals surface area contributed by atoms with Gasteiger partial charge in [-0.25, -0.2) is 4.79 Å². The molecule has 4 saturated carbocycles. The summed E-state index contributed by atoms with van der Waals surface area (Å²) in [6.45, 7) is 3.41. The van der Waals surface area contributed by atoms with Crippen LogP contribution in [-0.2, 0) is 19.0 Å². The average molecular weight is 569 g/mol. The summed E-state index contributed by atoms with van der Waals surface area (Å²) < 4.78 is 16.8. The van der Waals surface area contributed by atoms with Crippen LogP contribution < -0.4 is 0 Å². The van der Waals surface area contributed by atoms with Gasteiger partial charge >= 0.3 is 5.97 Å². The first-order valence-electron chi connectivity index (χ1n) is 14.8. The van der Waals surface area contributed by atoms with Crippen molar-refractivity contribution >= 4 is 5.97 Å². The summed E-state index contributed by atoms with van der Waals surface area (Å²) in [5.41, 5.74) is -3.43. The zero-order valence-electron chi connectivity index (χ0n) is 23.2. The van der Waals surface area contributed by atoms with Crippen LogP contribution in [0.5, 0.6) is 0 Å². The Labute approximate surface area is 233 Å². The molecule has 7 N–H and O–H groups in total. The Morgan fingerprint density at radius 2 is 1.75 bits per heavy atom. The molecule has 0 aromatic carbocycles. The number of aliphatic hydroxyl groups is 7. The number of ether oxygens (including phenoxy) is 3. The smallest absolute Gasteiger partial charge is 0.331 e. The molecule has 0 aromatic rings. The molecule has 226 valence electrons. The highest BCUT2D eigenvalue weighted by Gasteiger charge is 2.73. The van der Waals surface area contributed by atoms with E-state index < -0.39 is 70.9 Å². The van der Waals surface area contributed by atoms with Crippen LogP contribution in [0.1, 0.15) is 65.2 Å². The molecule has 6 rings (SSSR count). The van der Waals surface area contributed by atoms with Crippen LogP contribution in [0.15, 0.2) is 11.6 Å². The lowest BCUT2D eigenvalue weighted by Crippen LogP contribution is -2.72.